The second kappa shape index (κ2) is 6.35. The van der Waals surface area contributed by atoms with Crippen molar-refractivity contribution in [3.8, 4) is 0 Å². The van der Waals surface area contributed by atoms with Crippen LogP contribution in [0.1, 0.15) is 45.1 Å². The summed E-state index contributed by atoms with van der Waals surface area (Å²) in [6.45, 7) is 4.94. The van der Waals surface area contributed by atoms with E-state index in [1.807, 2.05) is 0 Å². The van der Waals surface area contributed by atoms with Crippen LogP contribution in [0, 0.1) is 17.2 Å². The van der Waals surface area contributed by atoms with Crippen molar-refractivity contribution in [1.29, 1.82) is 0 Å². The molecule has 2 rings (SSSR count). The van der Waals surface area contributed by atoms with Gasteiger partial charge in [-0.1, -0.05) is 31.5 Å². The number of halogens is 2. The molecule has 0 aliphatic heterocycles. The Balaban J connectivity index is 1.95. The van der Waals surface area contributed by atoms with Crippen LogP contribution in [-0.2, 0) is 11.3 Å². The number of carbonyl (C=O) groups is 1. The molecular weight excluding hydrogens is 289 g/mol. The molecule has 0 radical (unpaired) electrons. The minimum absolute atomic E-state index is 0.111. The molecule has 1 amide bonds. The van der Waals surface area contributed by atoms with Gasteiger partial charge in [0, 0.05) is 19.5 Å². The molecule has 1 aliphatic rings. The van der Waals surface area contributed by atoms with Gasteiger partial charge >= 0.3 is 0 Å². The number of amides is 1. The smallest absolute Gasteiger partial charge is 0.225 e. The average Bonchev–Trinajstić information content (AvgIpc) is 2.42. The Morgan fingerprint density at radius 3 is 2.57 bits per heavy atom. The third-order valence-electron chi connectivity index (χ3n) is 4.47. The first-order chi connectivity index (χ1) is 9.78. The molecule has 0 heterocycles. The predicted molar refractivity (Wildman–Crippen MR) is 83.6 cm³/mol. The maximum Gasteiger partial charge on any atom is 0.225 e. The van der Waals surface area contributed by atoms with E-state index in [2.05, 4.69) is 13.8 Å². The third-order valence-corrected chi connectivity index (χ3v) is 4.77. The molecule has 1 saturated carbocycles. The molecule has 0 spiro atoms. The fourth-order valence-corrected chi connectivity index (χ4v) is 3.07. The molecule has 0 saturated heterocycles. The van der Waals surface area contributed by atoms with Crippen molar-refractivity contribution in [1.82, 2.24) is 4.90 Å². The molecule has 116 valence electrons. The van der Waals surface area contributed by atoms with Crippen molar-refractivity contribution in [3.05, 3.63) is 34.6 Å². The predicted octanol–water partition coefficient (Wildman–Crippen LogP) is 4.65. The first kappa shape index (κ1) is 16.3. The summed E-state index contributed by atoms with van der Waals surface area (Å²) < 4.78 is 13.4. The molecule has 0 aromatic heterocycles. The highest BCUT2D eigenvalue weighted by atomic mass is 35.5. The summed E-state index contributed by atoms with van der Waals surface area (Å²) in [5.74, 6) is -0.157. The quantitative estimate of drug-likeness (QED) is 0.795. The van der Waals surface area contributed by atoms with E-state index in [0.29, 0.717) is 12.0 Å². The SMILES string of the molecule is CN(Cc1ccc(Cl)c(F)c1)C(=O)C1CCC(C)(C)CC1. The second-order valence-corrected chi connectivity index (χ2v) is 7.29. The first-order valence-corrected chi connectivity index (χ1v) is 7.85. The lowest BCUT2D eigenvalue weighted by atomic mass is 9.73. The number of hydrogen-bond donors (Lipinski definition) is 0. The van der Waals surface area contributed by atoms with Crippen LogP contribution in [0.15, 0.2) is 18.2 Å². The van der Waals surface area contributed by atoms with Gasteiger partial charge in [-0.2, -0.15) is 0 Å². The lowest BCUT2D eigenvalue weighted by molar-refractivity contribution is -0.136. The van der Waals surface area contributed by atoms with Crippen molar-refractivity contribution < 1.29 is 9.18 Å². The molecule has 4 heteroatoms. The minimum Gasteiger partial charge on any atom is -0.341 e. The van der Waals surface area contributed by atoms with Crippen LogP contribution < -0.4 is 0 Å². The summed E-state index contributed by atoms with van der Waals surface area (Å²) in [7, 11) is 1.79. The van der Waals surface area contributed by atoms with Crippen LogP contribution in [0.2, 0.25) is 5.02 Å². The summed E-state index contributed by atoms with van der Waals surface area (Å²) in [6.07, 6.45) is 4.08. The van der Waals surface area contributed by atoms with Gasteiger partial charge < -0.3 is 4.90 Å². The zero-order valence-corrected chi connectivity index (χ0v) is 13.7. The van der Waals surface area contributed by atoms with E-state index in [1.54, 1.807) is 18.0 Å². The number of rotatable bonds is 3. The summed E-state index contributed by atoms with van der Waals surface area (Å²) >= 11 is 5.67. The maximum atomic E-state index is 13.4. The normalized spacial score (nSPS) is 18.5. The van der Waals surface area contributed by atoms with Crippen LogP contribution >= 0.6 is 11.6 Å². The van der Waals surface area contributed by atoms with E-state index >= 15 is 0 Å². The zero-order chi connectivity index (χ0) is 15.6. The number of hydrogen-bond acceptors (Lipinski definition) is 1. The second-order valence-electron chi connectivity index (χ2n) is 6.88. The summed E-state index contributed by atoms with van der Waals surface area (Å²) in [6, 6.07) is 4.70. The number of nitrogens with zero attached hydrogens (tertiary/aromatic N) is 1. The molecule has 21 heavy (non-hydrogen) atoms. The van der Waals surface area contributed by atoms with Gasteiger partial charge in [0.05, 0.1) is 5.02 Å². The van der Waals surface area contributed by atoms with Gasteiger partial charge in [0.2, 0.25) is 5.91 Å². The van der Waals surface area contributed by atoms with Crippen LogP contribution in [0.25, 0.3) is 0 Å². The van der Waals surface area contributed by atoms with Crippen molar-refractivity contribution in [2.45, 2.75) is 46.1 Å². The number of carbonyl (C=O) groups excluding carboxylic acids is 1. The topological polar surface area (TPSA) is 20.3 Å². The van der Waals surface area contributed by atoms with Gasteiger partial charge in [0.25, 0.3) is 0 Å². The fourth-order valence-electron chi connectivity index (χ4n) is 2.95. The zero-order valence-electron chi connectivity index (χ0n) is 13.0. The van der Waals surface area contributed by atoms with E-state index in [4.69, 9.17) is 11.6 Å². The van der Waals surface area contributed by atoms with Gasteiger partial charge in [-0.05, 0) is 48.8 Å². The average molecular weight is 312 g/mol. The molecule has 1 fully saturated rings. The molecule has 0 atom stereocenters. The molecule has 1 aliphatic carbocycles. The van der Waals surface area contributed by atoms with Crippen LogP contribution in [0.3, 0.4) is 0 Å². The monoisotopic (exact) mass is 311 g/mol. The van der Waals surface area contributed by atoms with Crippen LogP contribution in [0.4, 0.5) is 4.39 Å². The molecule has 0 bridgehead atoms. The van der Waals surface area contributed by atoms with E-state index in [-0.39, 0.29) is 16.8 Å². The standard InChI is InChI=1S/C17H23ClFNO/c1-17(2)8-6-13(7-9-17)16(21)20(3)11-12-4-5-14(18)15(19)10-12/h4-5,10,13H,6-9,11H2,1-3H3. The Morgan fingerprint density at radius 2 is 2.00 bits per heavy atom. The highest BCUT2D eigenvalue weighted by Crippen LogP contribution is 2.38. The molecule has 1 aromatic rings. The van der Waals surface area contributed by atoms with E-state index in [0.717, 1.165) is 31.2 Å². The van der Waals surface area contributed by atoms with Crippen molar-refractivity contribution in [2.75, 3.05) is 7.05 Å². The molecular formula is C17H23ClFNO. The molecule has 0 N–H and O–H groups in total. The lowest BCUT2D eigenvalue weighted by Crippen LogP contribution is -2.36. The Hall–Kier alpha value is -1.09. The molecule has 2 nitrogen and oxygen atoms in total. The van der Waals surface area contributed by atoms with Gasteiger partial charge in [-0.3, -0.25) is 4.79 Å². The van der Waals surface area contributed by atoms with E-state index < -0.39 is 5.82 Å². The fraction of sp³-hybridized carbons (Fsp3) is 0.588. The summed E-state index contributed by atoms with van der Waals surface area (Å²) in [5.41, 5.74) is 1.12. The number of benzene rings is 1. The minimum atomic E-state index is -0.436. The molecule has 0 unspecified atom stereocenters. The van der Waals surface area contributed by atoms with Crippen molar-refractivity contribution in [2.24, 2.45) is 11.3 Å². The van der Waals surface area contributed by atoms with Gasteiger partial charge in [0.1, 0.15) is 5.82 Å². The van der Waals surface area contributed by atoms with Crippen molar-refractivity contribution in [3.63, 3.8) is 0 Å². The van der Waals surface area contributed by atoms with E-state index in [1.165, 1.54) is 12.1 Å². The Kier molecular flexibility index (Phi) is 4.92. The highest BCUT2D eigenvalue weighted by molar-refractivity contribution is 6.30. The van der Waals surface area contributed by atoms with Crippen LogP contribution in [0.5, 0.6) is 0 Å². The third kappa shape index (κ3) is 4.19. The van der Waals surface area contributed by atoms with Gasteiger partial charge in [-0.15, -0.1) is 0 Å². The summed E-state index contributed by atoms with van der Waals surface area (Å²) in [4.78, 5) is 14.2. The van der Waals surface area contributed by atoms with Crippen LogP contribution in [-0.4, -0.2) is 17.9 Å². The largest absolute Gasteiger partial charge is 0.341 e. The van der Waals surface area contributed by atoms with E-state index in [9.17, 15) is 9.18 Å². The molecule has 1 aromatic carbocycles. The van der Waals surface area contributed by atoms with Gasteiger partial charge in [-0.25, -0.2) is 4.39 Å². The highest BCUT2D eigenvalue weighted by Gasteiger charge is 2.31. The Bertz CT molecular complexity index is 520. The lowest BCUT2D eigenvalue weighted by Gasteiger charge is -2.35. The Morgan fingerprint density at radius 1 is 1.38 bits per heavy atom. The van der Waals surface area contributed by atoms with Crippen molar-refractivity contribution >= 4 is 17.5 Å². The summed E-state index contributed by atoms with van der Waals surface area (Å²) in [5, 5.41) is 0.113. The first-order valence-electron chi connectivity index (χ1n) is 7.47. The maximum absolute atomic E-state index is 13.4. The Labute approximate surface area is 131 Å². The van der Waals surface area contributed by atoms with Gasteiger partial charge in [0.15, 0.2) is 0 Å².